The maximum absolute atomic E-state index is 10.5. The van der Waals surface area contributed by atoms with Crippen LogP contribution in [0.2, 0.25) is 0 Å². The lowest BCUT2D eigenvalue weighted by molar-refractivity contribution is 0.161. The van der Waals surface area contributed by atoms with Gasteiger partial charge >= 0.3 is 7.82 Å². The van der Waals surface area contributed by atoms with E-state index in [4.69, 9.17) is 15.5 Å². The number of phosphoric acid groups is 1. The highest BCUT2D eigenvalue weighted by Gasteiger charge is 2.29. The number of allylic oxidation sites excluding steroid dienone is 1. The minimum absolute atomic E-state index is 0.0457. The average Bonchev–Trinajstić information content (AvgIpc) is 2.18. The molecule has 8 heteroatoms. The summed E-state index contributed by atoms with van der Waals surface area (Å²) in [6.45, 7) is 1.56. The molecule has 7 nitrogen and oxygen atoms in total. The molecule has 0 aliphatic carbocycles. The number of aliphatic hydroxyl groups excluding tert-OH is 1. The van der Waals surface area contributed by atoms with Crippen LogP contribution in [0.25, 0.3) is 0 Å². The topological polar surface area (TPSA) is 125 Å². The SMILES string of the molecule is CC1=C(O)C(CN)[C@@H](COP(=O)(O)O)C=N1. The molecule has 0 saturated heterocycles. The van der Waals surface area contributed by atoms with E-state index in [1.165, 1.54) is 6.21 Å². The molecule has 0 spiro atoms. The second kappa shape index (κ2) is 5.07. The third-order valence-electron chi connectivity index (χ3n) is 2.39. The van der Waals surface area contributed by atoms with Gasteiger partial charge in [-0.25, -0.2) is 4.57 Å². The number of hydrogen-bond acceptors (Lipinski definition) is 5. The molecule has 0 aromatic carbocycles. The molecule has 5 N–H and O–H groups in total. The normalized spacial score (nSPS) is 26.2. The van der Waals surface area contributed by atoms with Crippen LogP contribution in [0.5, 0.6) is 0 Å². The molecule has 0 saturated carbocycles. The van der Waals surface area contributed by atoms with Crippen LogP contribution in [0, 0.1) is 11.8 Å². The standard InChI is InChI=1S/C8H15N2O5P/c1-5-8(11)7(2-9)6(3-10-5)4-15-16(12,13)14/h3,6-7,11H,2,4,9H2,1H3,(H2,12,13,14)/t6-,7?/m1/s1. The van der Waals surface area contributed by atoms with Gasteiger partial charge in [-0.15, -0.1) is 0 Å². The summed E-state index contributed by atoms with van der Waals surface area (Å²) in [4.78, 5) is 21.0. The Hall–Kier alpha value is -0.720. The number of rotatable bonds is 4. The van der Waals surface area contributed by atoms with Gasteiger partial charge in [-0.05, 0) is 6.92 Å². The smallest absolute Gasteiger partial charge is 0.469 e. The van der Waals surface area contributed by atoms with Crippen LogP contribution in [0.15, 0.2) is 16.4 Å². The van der Waals surface area contributed by atoms with Gasteiger partial charge in [-0.3, -0.25) is 9.52 Å². The first kappa shape index (κ1) is 13.3. The van der Waals surface area contributed by atoms with Crippen LogP contribution in [0.3, 0.4) is 0 Å². The fourth-order valence-electron chi connectivity index (χ4n) is 1.48. The van der Waals surface area contributed by atoms with Crippen LogP contribution < -0.4 is 5.73 Å². The summed E-state index contributed by atoms with van der Waals surface area (Å²) in [5.41, 5.74) is 5.94. The van der Waals surface area contributed by atoms with Gasteiger partial charge in [-0.1, -0.05) is 0 Å². The summed E-state index contributed by atoms with van der Waals surface area (Å²) in [5.74, 6) is -0.797. The number of nitrogens with zero attached hydrogens (tertiary/aromatic N) is 1. The summed E-state index contributed by atoms with van der Waals surface area (Å²) in [6.07, 6.45) is 1.49. The van der Waals surface area contributed by atoms with Crippen molar-refractivity contribution in [2.45, 2.75) is 6.92 Å². The monoisotopic (exact) mass is 250 g/mol. The molecular weight excluding hydrogens is 235 g/mol. The summed E-state index contributed by atoms with van der Waals surface area (Å²) in [5, 5.41) is 9.67. The van der Waals surface area contributed by atoms with E-state index in [0.717, 1.165) is 0 Å². The Bertz CT molecular complexity index is 361. The Morgan fingerprint density at radius 3 is 2.75 bits per heavy atom. The van der Waals surface area contributed by atoms with Gasteiger partial charge in [0.15, 0.2) is 0 Å². The number of aliphatic hydroxyl groups is 1. The van der Waals surface area contributed by atoms with E-state index in [0.29, 0.717) is 5.70 Å². The fraction of sp³-hybridized carbons (Fsp3) is 0.625. The zero-order chi connectivity index (χ0) is 12.3. The number of nitrogens with two attached hydrogens (primary N) is 1. The molecule has 1 heterocycles. The molecule has 0 fully saturated rings. The highest BCUT2D eigenvalue weighted by molar-refractivity contribution is 7.46. The lowest BCUT2D eigenvalue weighted by atomic mass is 9.89. The second-order valence-electron chi connectivity index (χ2n) is 3.54. The Balaban J connectivity index is 2.69. The van der Waals surface area contributed by atoms with Crippen molar-refractivity contribution >= 4 is 14.0 Å². The molecule has 0 amide bonds. The van der Waals surface area contributed by atoms with Crippen molar-refractivity contribution < 1.29 is 24.0 Å². The quantitative estimate of drug-likeness (QED) is 0.526. The van der Waals surface area contributed by atoms with E-state index in [1.807, 2.05) is 0 Å². The highest BCUT2D eigenvalue weighted by Crippen LogP contribution is 2.37. The van der Waals surface area contributed by atoms with E-state index in [9.17, 15) is 9.67 Å². The van der Waals surface area contributed by atoms with Crippen LogP contribution in [0.4, 0.5) is 0 Å². The largest absolute Gasteiger partial charge is 0.510 e. The molecule has 1 rings (SSSR count). The first-order chi connectivity index (χ1) is 7.35. The molecule has 0 aromatic rings. The van der Waals surface area contributed by atoms with E-state index in [2.05, 4.69) is 9.52 Å². The van der Waals surface area contributed by atoms with Crippen LogP contribution in [0.1, 0.15) is 6.92 Å². The van der Waals surface area contributed by atoms with Gasteiger partial charge < -0.3 is 20.6 Å². The molecule has 1 unspecified atom stereocenters. The predicted octanol–water partition coefficient (Wildman–Crippen LogP) is 0.161. The maximum Gasteiger partial charge on any atom is 0.469 e. The van der Waals surface area contributed by atoms with Gasteiger partial charge in [0.25, 0.3) is 0 Å². The van der Waals surface area contributed by atoms with Crippen molar-refractivity contribution in [2.24, 2.45) is 22.6 Å². The van der Waals surface area contributed by atoms with Gasteiger partial charge in [0.05, 0.1) is 12.3 Å². The molecule has 16 heavy (non-hydrogen) atoms. The van der Waals surface area contributed by atoms with Gasteiger partial charge in [0.2, 0.25) is 0 Å². The molecule has 92 valence electrons. The van der Waals surface area contributed by atoms with Crippen molar-refractivity contribution in [2.75, 3.05) is 13.2 Å². The number of hydrogen-bond donors (Lipinski definition) is 4. The fourth-order valence-corrected chi connectivity index (χ4v) is 1.84. The summed E-state index contributed by atoms with van der Waals surface area (Å²) >= 11 is 0. The van der Waals surface area contributed by atoms with Crippen molar-refractivity contribution in [3.05, 3.63) is 11.5 Å². The molecule has 2 atom stereocenters. The molecule has 1 aliphatic heterocycles. The van der Waals surface area contributed by atoms with Gasteiger partial charge in [-0.2, -0.15) is 0 Å². The van der Waals surface area contributed by atoms with Crippen molar-refractivity contribution in [3.63, 3.8) is 0 Å². The first-order valence-corrected chi connectivity index (χ1v) is 6.22. The van der Waals surface area contributed by atoms with E-state index in [-0.39, 0.29) is 18.9 Å². The highest BCUT2D eigenvalue weighted by atomic mass is 31.2. The Morgan fingerprint density at radius 2 is 2.25 bits per heavy atom. The van der Waals surface area contributed by atoms with Crippen LogP contribution >= 0.6 is 7.82 Å². The Kier molecular flexibility index (Phi) is 4.23. The van der Waals surface area contributed by atoms with E-state index in [1.54, 1.807) is 6.92 Å². The number of phosphoric ester groups is 1. The molecular formula is C8H15N2O5P. The summed E-state index contributed by atoms with van der Waals surface area (Å²) in [6, 6.07) is 0. The molecule has 0 aromatic heterocycles. The van der Waals surface area contributed by atoms with E-state index < -0.39 is 19.7 Å². The third kappa shape index (κ3) is 3.40. The van der Waals surface area contributed by atoms with Gasteiger partial charge in [0, 0.05) is 24.6 Å². The Labute approximate surface area is 92.9 Å². The van der Waals surface area contributed by atoms with Crippen LogP contribution in [-0.2, 0) is 9.09 Å². The van der Waals surface area contributed by atoms with E-state index >= 15 is 0 Å². The van der Waals surface area contributed by atoms with Crippen molar-refractivity contribution in [3.8, 4) is 0 Å². The molecule has 1 aliphatic rings. The van der Waals surface area contributed by atoms with Gasteiger partial charge in [0.1, 0.15) is 5.76 Å². The lowest BCUT2D eigenvalue weighted by Gasteiger charge is -2.26. The van der Waals surface area contributed by atoms with Crippen molar-refractivity contribution in [1.82, 2.24) is 0 Å². The average molecular weight is 250 g/mol. The predicted molar refractivity (Wildman–Crippen MR) is 57.9 cm³/mol. The minimum atomic E-state index is -4.50. The molecule has 0 radical (unpaired) electrons. The number of aliphatic imine (C=N–C) groups is 1. The summed E-state index contributed by atoms with van der Waals surface area (Å²) in [7, 11) is -4.50. The zero-order valence-corrected chi connectivity index (χ0v) is 9.67. The second-order valence-corrected chi connectivity index (χ2v) is 4.78. The third-order valence-corrected chi connectivity index (χ3v) is 2.87. The zero-order valence-electron chi connectivity index (χ0n) is 8.78. The first-order valence-electron chi connectivity index (χ1n) is 4.69. The maximum atomic E-state index is 10.5. The van der Waals surface area contributed by atoms with Crippen molar-refractivity contribution in [1.29, 1.82) is 0 Å². The Morgan fingerprint density at radius 1 is 1.62 bits per heavy atom. The lowest BCUT2D eigenvalue weighted by Crippen LogP contribution is -2.32. The molecule has 0 bridgehead atoms. The minimum Gasteiger partial charge on any atom is -0.510 e. The van der Waals surface area contributed by atoms with Crippen LogP contribution in [-0.4, -0.2) is 34.3 Å². The summed E-state index contributed by atoms with van der Waals surface area (Å²) < 4.78 is 14.9.